The summed E-state index contributed by atoms with van der Waals surface area (Å²) in [5.41, 5.74) is 2.42. The second kappa shape index (κ2) is 4.91. The maximum Gasteiger partial charge on any atom is 0.147 e. The molecule has 0 spiro atoms. The van der Waals surface area contributed by atoms with Crippen LogP contribution < -0.4 is 0 Å². The molecule has 0 aliphatic heterocycles. The van der Waals surface area contributed by atoms with Gasteiger partial charge in [-0.2, -0.15) is 0 Å². The Hall–Kier alpha value is -1.87. The van der Waals surface area contributed by atoms with Gasteiger partial charge in [0.05, 0.1) is 16.8 Å². The highest BCUT2D eigenvalue weighted by Crippen LogP contribution is 2.34. The summed E-state index contributed by atoms with van der Waals surface area (Å²) in [5, 5.41) is 0. The molecule has 0 amide bonds. The average Bonchev–Trinajstić information content (AvgIpc) is 3.08. The van der Waals surface area contributed by atoms with E-state index in [9.17, 15) is 0 Å². The summed E-state index contributed by atoms with van der Waals surface area (Å²) in [6, 6.07) is 14.6. The Labute approximate surface area is 123 Å². The monoisotopic (exact) mass is 282 g/mol. The van der Waals surface area contributed by atoms with Crippen molar-refractivity contribution in [1.82, 2.24) is 9.97 Å². The first-order valence-electron chi connectivity index (χ1n) is 6.75. The van der Waals surface area contributed by atoms with E-state index in [4.69, 9.17) is 0 Å². The van der Waals surface area contributed by atoms with Crippen molar-refractivity contribution in [2.45, 2.75) is 26.2 Å². The third-order valence-electron chi connectivity index (χ3n) is 3.24. The number of aromatic nitrogens is 2. The summed E-state index contributed by atoms with van der Waals surface area (Å²) in [4.78, 5) is 10.5. The fourth-order valence-corrected chi connectivity index (χ4v) is 3.09. The summed E-state index contributed by atoms with van der Waals surface area (Å²) in [6.07, 6.45) is 1.90. The standard InChI is InChI=1S/C17H18N2S/c1-17(2,3)15-10-9-14(20-15)16-18-11-13(19-16)12-7-5-4-6-8-12/h4-11H,1-3H3,(H,18,19). The van der Waals surface area contributed by atoms with Gasteiger partial charge in [0.15, 0.2) is 0 Å². The second-order valence-corrected chi connectivity index (χ2v) is 7.01. The number of thiophene rings is 1. The zero-order valence-electron chi connectivity index (χ0n) is 12.0. The Morgan fingerprint density at radius 2 is 1.75 bits per heavy atom. The van der Waals surface area contributed by atoms with Crippen LogP contribution in [0.15, 0.2) is 48.7 Å². The first-order valence-corrected chi connectivity index (χ1v) is 7.57. The molecule has 20 heavy (non-hydrogen) atoms. The van der Waals surface area contributed by atoms with Gasteiger partial charge in [-0.15, -0.1) is 11.3 Å². The van der Waals surface area contributed by atoms with Crippen LogP contribution in [0.25, 0.3) is 22.0 Å². The van der Waals surface area contributed by atoms with Gasteiger partial charge in [-0.25, -0.2) is 4.98 Å². The third-order valence-corrected chi connectivity index (χ3v) is 4.76. The lowest BCUT2D eigenvalue weighted by Gasteiger charge is -2.15. The van der Waals surface area contributed by atoms with Gasteiger partial charge < -0.3 is 4.98 Å². The van der Waals surface area contributed by atoms with Gasteiger partial charge >= 0.3 is 0 Å². The molecule has 0 fully saturated rings. The molecule has 3 heteroatoms. The molecule has 1 N–H and O–H groups in total. The summed E-state index contributed by atoms with van der Waals surface area (Å²) in [5.74, 6) is 0.948. The Kier molecular flexibility index (Phi) is 3.22. The van der Waals surface area contributed by atoms with Crippen LogP contribution in [0.4, 0.5) is 0 Å². The Balaban J connectivity index is 1.93. The zero-order valence-corrected chi connectivity index (χ0v) is 12.8. The van der Waals surface area contributed by atoms with Crippen molar-refractivity contribution in [1.29, 1.82) is 0 Å². The normalized spacial score (nSPS) is 11.8. The lowest BCUT2D eigenvalue weighted by atomic mass is 9.95. The van der Waals surface area contributed by atoms with Crippen LogP contribution in [0.3, 0.4) is 0 Å². The number of hydrogen-bond acceptors (Lipinski definition) is 2. The summed E-state index contributed by atoms with van der Waals surface area (Å²) >= 11 is 1.81. The maximum absolute atomic E-state index is 4.51. The molecular formula is C17H18N2S. The Morgan fingerprint density at radius 3 is 2.40 bits per heavy atom. The van der Waals surface area contributed by atoms with Gasteiger partial charge in [-0.05, 0) is 23.1 Å². The smallest absolute Gasteiger partial charge is 0.147 e. The number of nitrogens with one attached hydrogen (secondary N) is 1. The Morgan fingerprint density at radius 1 is 1.00 bits per heavy atom. The van der Waals surface area contributed by atoms with E-state index in [1.807, 2.05) is 35.7 Å². The first kappa shape index (κ1) is 13.1. The van der Waals surface area contributed by atoms with Gasteiger partial charge in [-0.1, -0.05) is 51.1 Å². The maximum atomic E-state index is 4.51. The molecule has 102 valence electrons. The Bertz CT molecular complexity index is 702. The zero-order chi connectivity index (χ0) is 14.2. The fraction of sp³-hybridized carbons (Fsp3) is 0.235. The van der Waals surface area contributed by atoms with E-state index < -0.39 is 0 Å². The van der Waals surface area contributed by atoms with Gasteiger partial charge in [-0.3, -0.25) is 0 Å². The van der Waals surface area contributed by atoms with Crippen LogP contribution in [0.1, 0.15) is 25.6 Å². The molecule has 0 aliphatic carbocycles. The minimum absolute atomic E-state index is 0.192. The minimum atomic E-state index is 0.192. The number of nitrogens with zero attached hydrogens (tertiary/aromatic N) is 1. The fourth-order valence-electron chi connectivity index (χ4n) is 2.08. The van der Waals surface area contributed by atoms with Crippen LogP contribution in [-0.2, 0) is 5.41 Å². The third kappa shape index (κ3) is 2.54. The average molecular weight is 282 g/mol. The van der Waals surface area contributed by atoms with Gasteiger partial charge in [0.2, 0.25) is 0 Å². The molecule has 0 aliphatic rings. The van der Waals surface area contributed by atoms with Crippen LogP contribution in [0.5, 0.6) is 0 Å². The highest BCUT2D eigenvalue weighted by molar-refractivity contribution is 7.15. The molecule has 1 aromatic carbocycles. The highest BCUT2D eigenvalue weighted by atomic mass is 32.1. The topological polar surface area (TPSA) is 28.7 Å². The molecule has 0 bridgehead atoms. The molecule has 0 unspecified atom stereocenters. The van der Waals surface area contributed by atoms with Crippen molar-refractivity contribution in [3.63, 3.8) is 0 Å². The van der Waals surface area contributed by atoms with E-state index >= 15 is 0 Å². The van der Waals surface area contributed by atoms with Crippen LogP contribution >= 0.6 is 11.3 Å². The van der Waals surface area contributed by atoms with Crippen molar-refractivity contribution in [2.75, 3.05) is 0 Å². The predicted octanol–water partition coefficient (Wildman–Crippen LogP) is 5.10. The SMILES string of the molecule is CC(C)(C)c1ccc(-c2ncc(-c3ccccc3)[nH]2)s1. The van der Waals surface area contributed by atoms with Crippen molar-refractivity contribution in [3.8, 4) is 22.0 Å². The number of benzene rings is 1. The van der Waals surface area contributed by atoms with Gasteiger partial charge in [0.1, 0.15) is 5.82 Å². The lowest BCUT2D eigenvalue weighted by Crippen LogP contribution is -2.07. The van der Waals surface area contributed by atoms with Crippen LogP contribution in [0.2, 0.25) is 0 Å². The quantitative estimate of drug-likeness (QED) is 0.695. The number of rotatable bonds is 2. The molecule has 3 rings (SSSR count). The molecule has 0 saturated carbocycles. The molecule has 2 nitrogen and oxygen atoms in total. The van der Waals surface area contributed by atoms with Crippen molar-refractivity contribution >= 4 is 11.3 Å². The molecule has 0 saturated heterocycles. The summed E-state index contributed by atoms with van der Waals surface area (Å²) in [6.45, 7) is 6.71. The number of aromatic amines is 1. The number of imidazole rings is 1. The number of H-pyrrole nitrogens is 1. The molecule has 2 heterocycles. The summed E-state index contributed by atoms with van der Waals surface area (Å²) < 4.78 is 0. The molecular weight excluding hydrogens is 264 g/mol. The van der Waals surface area contributed by atoms with Gasteiger partial charge in [0, 0.05) is 4.88 Å². The van der Waals surface area contributed by atoms with Crippen LogP contribution in [-0.4, -0.2) is 9.97 Å². The molecule has 3 aromatic rings. The van der Waals surface area contributed by atoms with Crippen LogP contribution in [0, 0.1) is 0 Å². The van der Waals surface area contributed by atoms with Crippen molar-refractivity contribution < 1.29 is 0 Å². The number of hydrogen-bond donors (Lipinski definition) is 1. The predicted molar refractivity (Wildman–Crippen MR) is 86.0 cm³/mol. The van der Waals surface area contributed by atoms with E-state index in [0.717, 1.165) is 11.5 Å². The van der Waals surface area contributed by atoms with E-state index in [-0.39, 0.29) is 5.41 Å². The van der Waals surface area contributed by atoms with Gasteiger partial charge in [0.25, 0.3) is 0 Å². The highest BCUT2D eigenvalue weighted by Gasteiger charge is 2.17. The van der Waals surface area contributed by atoms with E-state index in [2.05, 4.69) is 55.0 Å². The summed E-state index contributed by atoms with van der Waals surface area (Å²) in [7, 11) is 0. The van der Waals surface area contributed by atoms with Crippen molar-refractivity contribution in [2.24, 2.45) is 0 Å². The largest absolute Gasteiger partial charge is 0.337 e. The lowest BCUT2D eigenvalue weighted by molar-refractivity contribution is 0.604. The van der Waals surface area contributed by atoms with E-state index in [1.54, 1.807) is 0 Å². The molecule has 2 aromatic heterocycles. The second-order valence-electron chi connectivity index (χ2n) is 5.93. The van der Waals surface area contributed by atoms with E-state index in [0.29, 0.717) is 0 Å². The first-order chi connectivity index (χ1) is 9.54. The van der Waals surface area contributed by atoms with E-state index in [1.165, 1.54) is 15.3 Å². The van der Waals surface area contributed by atoms with Crippen molar-refractivity contribution in [3.05, 3.63) is 53.5 Å². The minimum Gasteiger partial charge on any atom is -0.337 e. The molecule has 0 radical (unpaired) electrons. The molecule has 0 atom stereocenters.